The Balaban J connectivity index is 2.26. The third kappa shape index (κ3) is 2.96. The van der Waals surface area contributed by atoms with Crippen molar-refractivity contribution in [2.75, 3.05) is 19.6 Å². The van der Waals surface area contributed by atoms with Crippen LogP contribution in [-0.4, -0.2) is 32.4 Å². The van der Waals surface area contributed by atoms with Crippen LogP contribution in [0.2, 0.25) is 0 Å². The summed E-state index contributed by atoms with van der Waals surface area (Å²) in [4.78, 5) is 0.0703. The molecule has 0 spiro atoms. The van der Waals surface area contributed by atoms with Crippen molar-refractivity contribution in [2.45, 2.75) is 24.7 Å². The zero-order valence-corrected chi connectivity index (χ0v) is 11.8. The SMILES string of the molecule is Cc1ccc(F)cc1S(=O)(=O)N1CCC(CCN)C1. The van der Waals surface area contributed by atoms with Crippen molar-refractivity contribution in [1.29, 1.82) is 0 Å². The van der Waals surface area contributed by atoms with Crippen LogP contribution in [0.4, 0.5) is 4.39 Å². The monoisotopic (exact) mass is 286 g/mol. The van der Waals surface area contributed by atoms with Gasteiger partial charge in [-0.25, -0.2) is 12.8 Å². The highest BCUT2D eigenvalue weighted by molar-refractivity contribution is 7.89. The second-order valence-electron chi connectivity index (χ2n) is 5.00. The summed E-state index contributed by atoms with van der Waals surface area (Å²) in [6.07, 6.45) is 1.65. The third-order valence-electron chi connectivity index (χ3n) is 3.59. The van der Waals surface area contributed by atoms with E-state index in [4.69, 9.17) is 5.73 Å². The number of aryl methyl sites for hydroxylation is 1. The summed E-state index contributed by atoms with van der Waals surface area (Å²) in [5.41, 5.74) is 6.07. The molecular formula is C13H19FN2O2S. The molecule has 19 heavy (non-hydrogen) atoms. The molecular weight excluding hydrogens is 267 g/mol. The van der Waals surface area contributed by atoms with Crippen LogP contribution >= 0.6 is 0 Å². The first kappa shape index (κ1) is 14.4. The van der Waals surface area contributed by atoms with Crippen LogP contribution in [0.1, 0.15) is 18.4 Å². The lowest BCUT2D eigenvalue weighted by Gasteiger charge is -2.18. The number of halogens is 1. The Morgan fingerprint density at radius 1 is 1.47 bits per heavy atom. The summed E-state index contributed by atoms with van der Waals surface area (Å²) in [6.45, 7) is 3.22. The Labute approximate surface area is 113 Å². The average molecular weight is 286 g/mol. The lowest BCUT2D eigenvalue weighted by Crippen LogP contribution is -2.29. The maximum absolute atomic E-state index is 13.3. The Hall–Kier alpha value is -0.980. The number of rotatable bonds is 4. The lowest BCUT2D eigenvalue weighted by atomic mass is 10.1. The number of nitrogens with two attached hydrogens (primary N) is 1. The quantitative estimate of drug-likeness (QED) is 0.912. The van der Waals surface area contributed by atoms with Crippen molar-refractivity contribution in [3.05, 3.63) is 29.6 Å². The van der Waals surface area contributed by atoms with Gasteiger partial charge >= 0.3 is 0 Å². The topological polar surface area (TPSA) is 63.4 Å². The Bertz CT molecular complexity index is 560. The summed E-state index contributed by atoms with van der Waals surface area (Å²) in [7, 11) is -3.59. The second kappa shape index (κ2) is 5.56. The van der Waals surface area contributed by atoms with E-state index in [0.29, 0.717) is 31.1 Å². The van der Waals surface area contributed by atoms with Crippen LogP contribution in [0.25, 0.3) is 0 Å². The van der Waals surface area contributed by atoms with E-state index >= 15 is 0 Å². The van der Waals surface area contributed by atoms with Crippen LogP contribution in [0.3, 0.4) is 0 Å². The Morgan fingerprint density at radius 2 is 2.21 bits per heavy atom. The number of hydrogen-bond acceptors (Lipinski definition) is 3. The average Bonchev–Trinajstić information content (AvgIpc) is 2.82. The minimum absolute atomic E-state index is 0.0703. The molecule has 0 aromatic heterocycles. The highest BCUT2D eigenvalue weighted by atomic mass is 32.2. The number of sulfonamides is 1. The van der Waals surface area contributed by atoms with Crippen molar-refractivity contribution >= 4 is 10.0 Å². The van der Waals surface area contributed by atoms with Crippen LogP contribution in [-0.2, 0) is 10.0 Å². The number of nitrogens with zero attached hydrogens (tertiary/aromatic N) is 1. The number of benzene rings is 1. The van der Waals surface area contributed by atoms with Gasteiger partial charge < -0.3 is 5.73 Å². The van der Waals surface area contributed by atoms with Gasteiger partial charge in [-0.05, 0) is 49.9 Å². The molecule has 1 aliphatic rings. The number of hydrogen-bond donors (Lipinski definition) is 1. The standard InChI is InChI=1S/C13H19FN2O2S/c1-10-2-3-12(14)8-13(10)19(17,18)16-7-5-11(9-16)4-6-15/h2-3,8,11H,4-7,9,15H2,1H3. The molecule has 0 aliphatic carbocycles. The first-order valence-corrected chi connectivity index (χ1v) is 7.85. The Kier molecular flexibility index (Phi) is 4.23. The molecule has 0 saturated carbocycles. The molecule has 1 saturated heterocycles. The molecule has 1 heterocycles. The molecule has 4 nitrogen and oxygen atoms in total. The third-order valence-corrected chi connectivity index (χ3v) is 5.60. The lowest BCUT2D eigenvalue weighted by molar-refractivity contribution is 0.448. The van der Waals surface area contributed by atoms with Crippen LogP contribution in [0, 0.1) is 18.7 Å². The molecule has 0 radical (unpaired) electrons. The van der Waals surface area contributed by atoms with E-state index in [0.717, 1.165) is 18.9 Å². The van der Waals surface area contributed by atoms with E-state index < -0.39 is 15.8 Å². The molecule has 1 unspecified atom stereocenters. The predicted molar refractivity (Wildman–Crippen MR) is 71.7 cm³/mol. The van der Waals surface area contributed by atoms with E-state index in [2.05, 4.69) is 0 Å². The van der Waals surface area contributed by atoms with Gasteiger partial charge in [0.2, 0.25) is 10.0 Å². The fraction of sp³-hybridized carbons (Fsp3) is 0.538. The van der Waals surface area contributed by atoms with E-state index in [-0.39, 0.29) is 4.90 Å². The molecule has 106 valence electrons. The molecule has 2 rings (SSSR count). The molecule has 1 aromatic rings. The van der Waals surface area contributed by atoms with Gasteiger partial charge in [0.15, 0.2) is 0 Å². The largest absolute Gasteiger partial charge is 0.330 e. The van der Waals surface area contributed by atoms with Gasteiger partial charge in [0.05, 0.1) is 4.90 Å². The predicted octanol–water partition coefficient (Wildman–Crippen LogP) is 1.49. The smallest absolute Gasteiger partial charge is 0.243 e. The van der Waals surface area contributed by atoms with Crippen LogP contribution in [0.5, 0.6) is 0 Å². The van der Waals surface area contributed by atoms with Gasteiger partial charge in [-0.1, -0.05) is 6.07 Å². The van der Waals surface area contributed by atoms with Crippen molar-refractivity contribution < 1.29 is 12.8 Å². The van der Waals surface area contributed by atoms with Crippen molar-refractivity contribution in [3.63, 3.8) is 0 Å². The fourth-order valence-corrected chi connectivity index (χ4v) is 4.25. The minimum Gasteiger partial charge on any atom is -0.330 e. The van der Waals surface area contributed by atoms with E-state index in [1.807, 2.05) is 0 Å². The second-order valence-corrected chi connectivity index (χ2v) is 6.91. The van der Waals surface area contributed by atoms with Gasteiger partial charge in [-0.3, -0.25) is 0 Å². The zero-order chi connectivity index (χ0) is 14.0. The van der Waals surface area contributed by atoms with Gasteiger partial charge in [0, 0.05) is 13.1 Å². The summed E-state index contributed by atoms with van der Waals surface area (Å²) < 4.78 is 39.7. The Morgan fingerprint density at radius 3 is 2.89 bits per heavy atom. The van der Waals surface area contributed by atoms with Gasteiger partial charge in [0.1, 0.15) is 5.82 Å². The fourth-order valence-electron chi connectivity index (χ4n) is 2.48. The van der Waals surface area contributed by atoms with Crippen molar-refractivity contribution in [1.82, 2.24) is 4.31 Å². The first-order valence-electron chi connectivity index (χ1n) is 6.41. The maximum Gasteiger partial charge on any atom is 0.243 e. The molecule has 0 bridgehead atoms. The molecule has 1 atom stereocenters. The molecule has 0 amide bonds. The van der Waals surface area contributed by atoms with E-state index in [1.165, 1.54) is 16.4 Å². The highest BCUT2D eigenvalue weighted by Crippen LogP contribution is 2.27. The zero-order valence-electron chi connectivity index (χ0n) is 11.0. The van der Waals surface area contributed by atoms with E-state index in [1.54, 1.807) is 6.92 Å². The molecule has 2 N–H and O–H groups in total. The maximum atomic E-state index is 13.3. The first-order chi connectivity index (χ1) is 8.95. The summed E-state index contributed by atoms with van der Waals surface area (Å²) in [5.74, 6) is -0.212. The summed E-state index contributed by atoms with van der Waals surface area (Å²) >= 11 is 0. The van der Waals surface area contributed by atoms with Crippen LogP contribution < -0.4 is 5.73 Å². The van der Waals surface area contributed by atoms with Gasteiger partial charge in [-0.2, -0.15) is 4.31 Å². The highest BCUT2D eigenvalue weighted by Gasteiger charge is 2.33. The van der Waals surface area contributed by atoms with E-state index in [9.17, 15) is 12.8 Å². The molecule has 6 heteroatoms. The minimum atomic E-state index is -3.59. The van der Waals surface area contributed by atoms with Crippen LogP contribution in [0.15, 0.2) is 23.1 Å². The normalized spacial score (nSPS) is 20.9. The summed E-state index contributed by atoms with van der Waals surface area (Å²) in [5, 5.41) is 0. The summed E-state index contributed by atoms with van der Waals surface area (Å²) in [6, 6.07) is 3.87. The van der Waals surface area contributed by atoms with Gasteiger partial charge in [-0.15, -0.1) is 0 Å². The molecule has 1 aromatic carbocycles. The molecule has 1 aliphatic heterocycles. The van der Waals surface area contributed by atoms with Crippen molar-refractivity contribution in [2.24, 2.45) is 11.7 Å². The van der Waals surface area contributed by atoms with Crippen molar-refractivity contribution in [3.8, 4) is 0 Å². The molecule has 1 fully saturated rings. The van der Waals surface area contributed by atoms with Gasteiger partial charge in [0.25, 0.3) is 0 Å².